The highest BCUT2D eigenvalue weighted by Crippen LogP contribution is 2.39. The maximum absolute atomic E-state index is 14.5. The van der Waals surface area contributed by atoms with E-state index in [0.29, 0.717) is 49.7 Å². The largest absolute Gasteiger partial charge is 0.460 e. The number of amides is 1. The van der Waals surface area contributed by atoms with Gasteiger partial charge in [-0.15, -0.1) is 5.10 Å². The summed E-state index contributed by atoms with van der Waals surface area (Å²) in [4.78, 5) is 72.5. The summed E-state index contributed by atoms with van der Waals surface area (Å²) < 4.78 is 54.8. The third-order valence-electron chi connectivity index (χ3n) is 15.0. The van der Waals surface area contributed by atoms with Crippen LogP contribution in [0.2, 0.25) is 0 Å². The topological polar surface area (TPSA) is 219 Å². The van der Waals surface area contributed by atoms with E-state index in [1.54, 1.807) is 77.0 Å². The van der Waals surface area contributed by atoms with Crippen molar-refractivity contribution >= 4 is 29.2 Å². The molecular weight excluding hydrogens is 887 g/mol. The summed E-state index contributed by atoms with van der Waals surface area (Å²) in [7, 11) is 0.196. The maximum Gasteiger partial charge on any atom is 0.329 e. The number of nitrogens with zero attached hydrogens (tertiary/aromatic N) is 5. The number of Topliss-reactive ketones (excluding diaryl/α,β-unsaturated/α-hetero) is 3. The number of carbonyl (C=O) groups excluding carboxylic acids is 5. The van der Waals surface area contributed by atoms with E-state index in [2.05, 4.69) is 15.5 Å². The van der Waals surface area contributed by atoms with Gasteiger partial charge in [-0.3, -0.25) is 19.2 Å². The number of cyclic esters (lactones) is 1. The first kappa shape index (κ1) is 51.1. The van der Waals surface area contributed by atoms with E-state index in [4.69, 9.17) is 27.8 Å². The molecule has 1 aromatic heterocycles. The van der Waals surface area contributed by atoms with E-state index in [1.165, 1.54) is 7.11 Å². The molecule has 0 radical (unpaired) electrons. The molecule has 69 heavy (non-hydrogen) atoms. The van der Waals surface area contributed by atoms with Crippen LogP contribution in [0, 0.1) is 35.5 Å². The van der Waals surface area contributed by atoms with Crippen molar-refractivity contribution in [1.29, 1.82) is 0 Å². The number of fused-ring (bicyclic) bond motifs is 3. The molecule has 1 unspecified atom stereocenters. The van der Waals surface area contributed by atoms with Gasteiger partial charge in [0.25, 0.3) is 11.7 Å². The summed E-state index contributed by atoms with van der Waals surface area (Å²) in [5, 5.41) is 35.2. The Morgan fingerprint density at radius 1 is 0.928 bits per heavy atom. The van der Waals surface area contributed by atoms with Crippen LogP contribution in [0.25, 0.3) is 0 Å². The zero-order chi connectivity index (χ0) is 53.1. The molecule has 15 atom stereocenters. The summed E-state index contributed by atoms with van der Waals surface area (Å²) in [6.45, 7) is 12.3. The molecule has 1 aliphatic carbocycles. The van der Waals surface area contributed by atoms with Crippen molar-refractivity contribution in [3.05, 3.63) is 53.9 Å². The Bertz CT molecular complexity index is 2130. The number of hydrogen-bond acceptors (Lipinski definition) is 15. The molecule has 3 aliphatic heterocycles. The van der Waals surface area contributed by atoms with Crippen LogP contribution < -0.4 is 0 Å². The molecule has 2 N–H and O–H groups in total. The molecule has 4 heterocycles. The minimum absolute atomic E-state index is 0.0214. The highest BCUT2D eigenvalue weighted by Gasteiger charge is 2.53. The molecule has 5 rings (SSSR count). The molecule has 17 nitrogen and oxygen atoms in total. The van der Waals surface area contributed by atoms with Crippen LogP contribution >= 0.6 is 0 Å². The van der Waals surface area contributed by atoms with Crippen LogP contribution in [0.15, 0.2) is 53.9 Å². The lowest BCUT2D eigenvalue weighted by atomic mass is 9.77. The van der Waals surface area contributed by atoms with E-state index >= 15 is 0 Å². The third-order valence-corrected chi connectivity index (χ3v) is 15.0. The van der Waals surface area contributed by atoms with Gasteiger partial charge >= 0.3 is 5.97 Å². The van der Waals surface area contributed by atoms with Gasteiger partial charge in [-0.05, 0) is 117 Å². The monoisotopic (exact) mass is 969 g/mol. The van der Waals surface area contributed by atoms with Gasteiger partial charge in [0.1, 0.15) is 36.5 Å². The Hall–Kier alpha value is -4.26. The molecule has 4 aliphatic rings. The second-order valence-corrected chi connectivity index (χ2v) is 20.3. The summed E-state index contributed by atoms with van der Waals surface area (Å²) in [5.74, 6) is -8.78. The number of aliphatic hydroxyl groups excluding tert-OH is 1. The van der Waals surface area contributed by atoms with Gasteiger partial charge < -0.3 is 38.8 Å². The van der Waals surface area contributed by atoms with E-state index in [0.717, 1.165) is 17.7 Å². The van der Waals surface area contributed by atoms with E-state index < -0.39 is 84.8 Å². The second-order valence-electron chi connectivity index (χ2n) is 20.3. The zero-order valence-electron chi connectivity index (χ0n) is 45.0. The molecule has 384 valence electrons. The summed E-state index contributed by atoms with van der Waals surface area (Å²) >= 11 is 0. The molecule has 1 aromatic rings. The Morgan fingerprint density at radius 2 is 1.70 bits per heavy atom. The van der Waals surface area contributed by atoms with Gasteiger partial charge in [0.05, 0.1) is 28.5 Å². The molecule has 1 amide bonds. The number of carbonyl (C=O) groups is 5. The van der Waals surface area contributed by atoms with E-state index in [9.17, 15) is 34.2 Å². The fourth-order valence-electron chi connectivity index (χ4n) is 10.6. The van der Waals surface area contributed by atoms with Gasteiger partial charge in [-0.2, -0.15) is 0 Å². The molecule has 0 aromatic carbocycles. The Morgan fingerprint density at radius 3 is 2.39 bits per heavy atom. The molecule has 3 fully saturated rings. The normalized spacial score (nSPS) is 39.6. The van der Waals surface area contributed by atoms with Crippen molar-refractivity contribution in [1.82, 2.24) is 25.1 Å². The van der Waals surface area contributed by atoms with Crippen LogP contribution in [0.4, 0.5) is 0 Å². The van der Waals surface area contributed by atoms with Crippen LogP contribution in [-0.2, 0) is 47.7 Å². The predicted octanol–water partition coefficient (Wildman–Crippen LogP) is 6.05. The lowest BCUT2D eigenvalue weighted by Gasteiger charge is -2.42. The predicted molar refractivity (Wildman–Crippen MR) is 256 cm³/mol. The molecule has 1 saturated carbocycles. The highest BCUT2D eigenvalue weighted by atomic mass is 16.6. The lowest BCUT2D eigenvalue weighted by Crippen LogP contribution is -2.61. The number of aromatic nitrogens is 4. The smallest absolute Gasteiger partial charge is 0.329 e. The number of allylic oxidation sites excluding steroid dienone is 6. The number of rotatable bonds is 7. The average molecular weight is 969 g/mol. The zero-order valence-corrected chi connectivity index (χ0v) is 42.0. The van der Waals surface area contributed by atoms with Gasteiger partial charge in [0, 0.05) is 58.4 Å². The first-order valence-corrected chi connectivity index (χ1v) is 24.8. The molecule has 2 bridgehead atoms. The summed E-state index contributed by atoms with van der Waals surface area (Å²) in [5.41, 5.74) is 0.886. The molecule has 2 saturated heterocycles. The van der Waals surface area contributed by atoms with E-state index in [1.807, 2.05) is 26.0 Å². The van der Waals surface area contributed by atoms with Crippen molar-refractivity contribution in [3.8, 4) is 0 Å². The van der Waals surface area contributed by atoms with Crippen molar-refractivity contribution in [2.75, 3.05) is 27.8 Å². The lowest BCUT2D eigenvalue weighted by molar-refractivity contribution is -0.265. The van der Waals surface area contributed by atoms with Gasteiger partial charge in [0.15, 0.2) is 5.78 Å². The van der Waals surface area contributed by atoms with Crippen LogP contribution in [-0.4, -0.2) is 141 Å². The van der Waals surface area contributed by atoms with Gasteiger partial charge in [-0.25, -0.2) is 9.48 Å². The van der Waals surface area contributed by atoms with Crippen molar-refractivity contribution in [2.24, 2.45) is 35.5 Å². The molecular formula is C52H79N5O12. The minimum atomic E-state index is -2.80. The number of ketones is 3. The minimum Gasteiger partial charge on any atom is -0.460 e. The fourth-order valence-corrected chi connectivity index (χ4v) is 10.6. The van der Waals surface area contributed by atoms with E-state index in [-0.39, 0.29) is 73.7 Å². The quantitative estimate of drug-likeness (QED) is 0.181. The number of methoxy groups -OCH3 is 3. The van der Waals surface area contributed by atoms with Crippen LogP contribution in [0.3, 0.4) is 0 Å². The Kier molecular flexibility index (Phi) is 19.1. The number of tetrazole rings is 1. The Labute approximate surface area is 412 Å². The first-order valence-electron chi connectivity index (χ1n) is 26.3. The third kappa shape index (κ3) is 14.2. The number of esters is 1. The van der Waals surface area contributed by atoms with Crippen molar-refractivity contribution < 1.29 is 62.0 Å². The number of ether oxygens (including phenoxy) is 5. The Balaban J connectivity index is 1.48. The number of piperidine rings is 1. The first-order chi connectivity index (χ1) is 34.0. The average Bonchev–Trinajstić information content (AvgIpc) is 3.88. The second kappa shape index (κ2) is 25.7. The van der Waals surface area contributed by atoms with Crippen LogP contribution in [0.5, 0.6) is 0 Å². The number of hydrogen-bond donors (Lipinski definition) is 2. The highest BCUT2D eigenvalue weighted by molar-refractivity contribution is 6.39. The maximum atomic E-state index is 14.5. The van der Waals surface area contributed by atoms with Gasteiger partial charge in [-0.1, -0.05) is 71.1 Å². The molecule has 0 spiro atoms. The number of aliphatic hydroxyl groups is 2. The summed E-state index contributed by atoms with van der Waals surface area (Å²) in [6, 6.07) is -1.29. The van der Waals surface area contributed by atoms with Crippen molar-refractivity contribution in [2.45, 2.75) is 180 Å². The van der Waals surface area contributed by atoms with Crippen LogP contribution in [0.1, 0.15) is 136 Å². The van der Waals surface area contributed by atoms with Crippen molar-refractivity contribution in [3.63, 3.8) is 0 Å². The summed E-state index contributed by atoms with van der Waals surface area (Å²) in [6.07, 6.45) is 11.1. The standard InChI is InChI=1S/C52H79N5O12/c1-31-16-12-11-13-17-32(2)43(65-8)28-39-21-19-37(7)52(64,69-39)49(61)50(62)56-23-15-14-18-41(56)51(63)68-44(34(4)26-38-20-22-40(45(27-38)66-9)57-30-53-54-55-57)29-42(58)33(3)25-36(6)47(60)48(67-10)46(59)35(5)24-31/h11-13,16-17,25,30-31,33-35,37-41,43-45,47-48,60,64H,14-15,18-24,26-29H2,1-10H3/b13-11+,16-12+,32-17+,36-25+/t31-,33-,34-,35-,37-,38?,39+,40-,41+,43+,44+,45-,47-,48+,52-/m1/s1/i8D3. The fraction of sp³-hybridized carbons (Fsp3) is 0.731. The van der Waals surface area contributed by atoms with Gasteiger partial charge in [0.2, 0.25) is 5.79 Å². The molecule has 17 heteroatoms. The SMILES string of the molecule is [2H]C([2H])([2H])O[C@H]1C[C@@H]2CC[C@@H](C)[C@@](O)(O2)C(=O)C(=O)N2CCCC[C@H]2C(=O)O[C@H]([C@H](C)CC2CC[C@@H](n3cnnn3)[C@H](OC)C2)CC(=O)[C@H](C)/C=C(\C)[C@@H](O)[C@@H](OC)C(=O)[C@H](C)C[C@H](C)/C=C/C=C/C=C/1C.